The lowest BCUT2D eigenvalue weighted by Gasteiger charge is -2.18. The number of fused-ring (bicyclic) bond motifs is 1. The topological polar surface area (TPSA) is 54.6 Å². The number of nitrogens with zero attached hydrogens (tertiary/aromatic N) is 1. The number of rotatable bonds is 6. The molecule has 136 valence electrons. The number of halogens is 1. The van der Waals surface area contributed by atoms with E-state index in [2.05, 4.69) is 9.88 Å². The maximum absolute atomic E-state index is 12.3. The Balaban J connectivity index is 1.78. The molecule has 0 spiro atoms. The summed E-state index contributed by atoms with van der Waals surface area (Å²) in [4.78, 5) is 17.7. The highest BCUT2D eigenvalue weighted by Gasteiger charge is 2.09. The molecule has 2 aromatic carbocycles. The van der Waals surface area contributed by atoms with E-state index in [-0.39, 0.29) is 5.43 Å². The molecule has 0 fully saturated rings. The van der Waals surface area contributed by atoms with Gasteiger partial charge < -0.3 is 14.5 Å². The van der Waals surface area contributed by atoms with Gasteiger partial charge in [0.25, 0.3) is 0 Å². The maximum atomic E-state index is 12.3. The molecule has 0 aliphatic heterocycles. The molecule has 0 unspecified atom stereocenters. The molecule has 0 bridgehead atoms. The summed E-state index contributed by atoms with van der Waals surface area (Å²) in [5, 5.41) is 1.16. The Morgan fingerprint density at radius 3 is 2.50 bits per heavy atom. The molecule has 0 atom stereocenters. The zero-order valence-corrected chi connectivity index (χ0v) is 15.8. The van der Waals surface area contributed by atoms with Gasteiger partial charge in [-0.2, -0.15) is 0 Å². The Morgan fingerprint density at radius 1 is 1.00 bits per heavy atom. The summed E-state index contributed by atoms with van der Waals surface area (Å²) in [6.45, 7) is 1.32. The van der Waals surface area contributed by atoms with E-state index in [1.165, 1.54) is 0 Å². The Kier molecular flexibility index (Phi) is 5.49. The van der Waals surface area contributed by atoms with Crippen molar-refractivity contribution in [3.63, 3.8) is 0 Å². The van der Waals surface area contributed by atoms with Gasteiger partial charge in [-0.05, 0) is 42.9 Å². The van der Waals surface area contributed by atoms with E-state index in [1.54, 1.807) is 32.4 Å². The van der Waals surface area contributed by atoms with E-state index in [1.807, 2.05) is 31.3 Å². The van der Waals surface area contributed by atoms with Crippen molar-refractivity contribution < 1.29 is 9.47 Å². The third-order valence-corrected chi connectivity index (χ3v) is 4.42. The molecule has 6 heteroatoms. The minimum Gasteiger partial charge on any atom is -0.493 e. The number of hydrogen-bond donors (Lipinski definition) is 1. The Morgan fingerprint density at radius 2 is 1.77 bits per heavy atom. The monoisotopic (exact) mass is 372 g/mol. The Labute approximate surface area is 157 Å². The van der Waals surface area contributed by atoms with Gasteiger partial charge in [-0.25, -0.2) is 0 Å². The van der Waals surface area contributed by atoms with Crippen LogP contribution in [0.25, 0.3) is 10.9 Å². The van der Waals surface area contributed by atoms with Gasteiger partial charge in [0.1, 0.15) is 0 Å². The average molecular weight is 373 g/mol. The summed E-state index contributed by atoms with van der Waals surface area (Å²) < 4.78 is 10.6. The number of hydrogen-bond acceptors (Lipinski definition) is 4. The second-order valence-corrected chi connectivity index (χ2v) is 6.65. The predicted molar refractivity (Wildman–Crippen MR) is 104 cm³/mol. The van der Waals surface area contributed by atoms with Gasteiger partial charge in [-0.3, -0.25) is 9.69 Å². The van der Waals surface area contributed by atoms with Crippen LogP contribution in [0.4, 0.5) is 0 Å². The zero-order chi connectivity index (χ0) is 18.7. The largest absolute Gasteiger partial charge is 0.493 e. The molecule has 1 aromatic heterocycles. The van der Waals surface area contributed by atoms with Crippen LogP contribution in [0, 0.1) is 0 Å². The molecule has 0 radical (unpaired) electrons. The molecule has 1 N–H and O–H groups in total. The molecule has 5 nitrogen and oxygen atoms in total. The molecule has 0 aliphatic carbocycles. The first-order chi connectivity index (χ1) is 12.5. The minimum atomic E-state index is -0.0317. The normalized spacial score (nSPS) is 11.1. The predicted octanol–water partition coefficient (Wildman–Crippen LogP) is 3.83. The summed E-state index contributed by atoms with van der Waals surface area (Å²) >= 11 is 5.97. The minimum absolute atomic E-state index is 0.0317. The van der Waals surface area contributed by atoms with Gasteiger partial charge in [0.05, 0.1) is 14.2 Å². The lowest BCUT2D eigenvalue weighted by molar-refractivity contribution is 0.313. The number of pyridine rings is 1. The van der Waals surface area contributed by atoms with Gasteiger partial charge >= 0.3 is 0 Å². The van der Waals surface area contributed by atoms with E-state index < -0.39 is 0 Å². The summed E-state index contributed by atoms with van der Waals surface area (Å²) in [5.41, 5.74) is 2.71. The SMILES string of the molecule is COc1ccc(CN(C)Cc2cc(=O)c3cc(Cl)ccc3[nH]2)cc1OC. The molecule has 3 aromatic rings. The van der Waals surface area contributed by atoms with E-state index in [4.69, 9.17) is 21.1 Å². The summed E-state index contributed by atoms with van der Waals surface area (Å²) in [6, 6.07) is 12.8. The quantitative estimate of drug-likeness (QED) is 0.714. The van der Waals surface area contributed by atoms with Crippen LogP contribution in [0.2, 0.25) is 5.02 Å². The molecule has 3 rings (SSSR count). The van der Waals surface area contributed by atoms with Crippen LogP contribution in [-0.4, -0.2) is 31.2 Å². The van der Waals surface area contributed by atoms with Gasteiger partial charge in [-0.1, -0.05) is 17.7 Å². The first kappa shape index (κ1) is 18.3. The molecule has 0 amide bonds. The van der Waals surface area contributed by atoms with E-state index in [0.29, 0.717) is 35.0 Å². The van der Waals surface area contributed by atoms with Gasteiger partial charge in [0.2, 0.25) is 0 Å². The van der Waals surface area contributed by atoms with Crippen molar-refractivity contribution in [1.29, 1.82) is 0 Å². The molecule has 0 aliphatic rings. The number of aromatic amines is 1. The highest BCUT2D eigenvalue weighted by molar-refractivity contribution is 6.31. The van der Waals surface area contributed by atoms with Crippen molar-refractivity contribution in [1.82, 2.24) is 9.88 Å². The average Bonchev–Trinajstić information content (AvgIpc) is 2.62. The third-order valence-electron chi connectivity index (χ3n) is 4.19. The van der Waals surface area contributed by atoms with E-state index >= 15 is 0 Å². The summed E-state index contributed by atoms with van der Waals surface area (Å²) in [6.07, 6.45) is 0. The van der Waals surface area contributed by atoms with Crippen LogP contribution >= 0.6 is 11.6 Å². The molecular formula is C20H21ClN2O3. The molecular weight excluding hydrogens is 352 g/mol. The second-order valence-electron chi connectivity index (χ2n) is 6.21. The van der Waals surface area contributed by atoms with Crippen LogP contribution in [0.5, 0.6) is 11.5 Å². The van der Waals surface area contributed by atoms with Crippen LogP contribution in [0.15, 0.2) is 47.3 Å². The summed E-state index contributed by atoms with van der Waals surface area (Å²) in [5.74, 6) is 1.41. The lowest BCUT2D eigenvalue weighted by atomic mass is 10.1. The number of benzene rings is 2. The second kappa shape index (κ2) is 7.81. The van der Waals surface area contributed by atoms with Crippen LogP contribution in [0.3, 0.4) is 0 Å². The number of ether oxygens (including phenoxy) is 2. The highest BCUT2D eigenvalue weighted by atomic mass is 35.5. The Bertz CT molecular complexity index is 984. The van der Waals surface area contributed by atoms with Crippen molar-refractivity contribution >= 4 is 22.5 Å². The Hall–Kier alpha value is -2.50. The fraction of sp³-hybridized carbons (Fsp3) is 0.250. The van der Waals surface area contributed by atoms with Crippen molar-refractivity contribution in [3.8, 4) is 11.5 Å². The van der Waals surface area contributed by atoms with Crippen molar-refractivity contribution in [2.24, 2.45) is 0 Å². The number of H-pyrrole nitrogens is 1. The fourth-order valence-corrected chi connectivity index (χ4v) is 3.17. The van der Waals surface area contributed by atoms with Crippen LogP contribution in [-0.2, 0) is 13.1 Å². The van der Waals surface area contributed by atoms with E-state index in [0.717, 1.165) is 16.8 Å². The lowest BCUT2D eigenvalue weighted by Crippen LogP contribution is -2.19. The van der Waals surface area contributed by atoms with Crippen LogP contribution in [0.1, 0.15) is 11.3 Å². The number of nitrogens with one attached hydrogen (secondary N) is 1. The first-order valence-electron chi connectivity index (χ1n) is 8.21. The number of methoxy groups -OCH3 is 2. The fourth-order valence-electron chi connectivity index (χ4n) is 3.00. The number of aromatic nitrogens is 1. The molecule has 26 heavy (non-hydrogen) atoms. The van der Waals surface area contributed by atoms with Crippen molar-refractivity contribution in [3.05, 3.63) is 69.0 Å². The molecule has 1 heterocycles. The molecule has 0 saturated carbocycles. The van der Waals surface area contributed by atoms with Crippen LogP contribution < -0.4 is 14.9 Å². The van der Waals surface area contributed by atoms with Gasteiger partial charge in [-0.15, -0.1) is 0 Å². The molecule has 0 saturated heterocycles. The standard InChI is InChI=1S/C20H21ClN2O3/c1-23(11-13-4-7-19(25-2)20(8-13)26-3)12-15-10-18(24)16-9-14(21)5-6-17(16)22-15/h4-10H,11-12H2,1-3H3,(H,22,24). The maximum Gasteiger partial charge on any atom is 0.189 e. The van der Waals surface area contributed by atoms with E-state index in [9.17, 15) is 4.79 Å². The smallest absolute Gasteiger partial charge is 0.189 e. The zero-order valence-electron chi connectivity index (χ0n) is 15.0. The van der Waals surface area contributed by atoms with Crippen molar-refractivity contribution in [2.45, 2.75) is 13.1 Å². The first-order valence-corrected chi connectivity index (χ1v) is 8.59. The summed E-state index contributed by atoms with van der Waals surface area (Å²) in [7, 11) is 5.24. The van der Waals surface area contributed by atoms with Gasteiger partial charge in [0.15, 0.2) is 16.9 Å². The van der Waals surface area contributed by atoms with Crippen molar-refractivity contribution in [2.75, 3.05) is 21.3 Å². The third kappa shape index (κ3) is 4.00. The van der Waals surface area contributed by atoms with Gasteiger partial charge in [0, 0.05) is 40.8 Å². The highest BCUT2D eigenvalue weighted by Crippen LogP contribution is 2.28.